The molecule has 0 atom stereocenters. The van der Waals surface area contributed by atoms with Gasteiger partial charge < -0.3 is 8.85 Å². The summed E-state index contributed by atoms with van der Waals surface area (Å²) >= 11 is 0. The van der Waals surface area contributed by atoms with E-state index in [2.05, 4.69) is 0 Å². The molecule has 0 heterocycles. The van der Waals surface area contributed by atoms with Crippen LogP contribution in [0.15, 0.2) is 72.8 Å². The van der Waals surface area contributed by atoms with Gasteiger partial charge in [-0.25, -0.2) is 4.39 Å². The molecule has 0 saturated carbocycles. The Morgan fingerprint density at radius 2 is 1.19 bits per heavy atom. The van der Waals surface area contributed by atoms with Gasteiger partial charge in [-0.2, -0.15) is 0 Å². The number of nitro groups is 2. The lowest BCUT2D eigenvalue weighted by Gasteiger charge is -2.16. The van der Waals surface area contributed by atoms with Gasteiger partial charge in [0.15, 0.2) is 0 Å². The highest BCUT2D eigenvalue weighted by atomic mass is 28.3. The van der Waals surface area contributed by atoms with Crippen molar-refractivity contribution in [2.75, 3.05) is 0 Å². The molecular formula is C21H18FN2O6Si. The van der Waals surface area contributed by atoms with E-state index in [1.54, 1.807) is 48.5 Å². The molecule has 3 aromatic rings. The summed E-state index contributed by atoms with van der Waals surface area (Å²) in [5.74, 6) is -0.376. The number of benzene rings is 3. The summed E-state index contributed by atoms with van der Waals surface area (Å²) in [6, 6.07) is 18.6. The first-order valence-electron chi connectivity index (χ1n) is 9.24. The van der Waals surface area contributed by atoms with Crippen molar-refractivity contribution in [2.24, 2.45) is 0 Å². The number of hydrogen-bond acceptors (Lipinski definition) is 6. The lowest BCUT2D eigenvalue weighted by molar-refractivity contribution is -0.385. The summed E-state index contributed by atoms with van der Waals surface area (Å²) < 4.78 is 25.0. The van der Waals surface area contributed by atoms with Gasteiger partial charge in [0.1, 0.15) is 5.82 Å². The maximum Gasteiger partial charge on any atom is 0.389 e. The van der Waals surface area contributed by atoms with Gasteiger partial charge in [-0.3, -0.25) is 20.2 Å². The molecule has 31 heavy (non-hydrogen) atoms. The van der Waals surface area contributed by atoms with Gasteiger partial charge in [0.2, 0.25) is 0 Å². The molecule has 0 aliphatic heterocycles. The van der Waals surface area contributed by atoms with Crippen LogP contribution in [0.5, 0.6) is 0 Å². The highest BCUT2D eigenvalue weighted by molar-refractivity contribution is 6.43. The van der Waals surface area contributed by atoms with Crippen molar-refractivity contribution in [3.8, 4) is 0 Å². The number of nitro benzene ring substituents is 2. The lowest BCUT2D eigenvalue weighted by Crippen LogP contribution is -2.26. The minimum Gasteiger partial charge on any atom is -0.388 e. The second kappa shape index (κ2) is 10.5. The van der Waals surface area contributed by atoms with Gasteiger partial charge in [-0.1, -0.05) is 36.4 Å². The van der Waals surface area contributed by atoms with Gasteiger partial charge in [0.05, 0.1) is 34.2 Å². The molecule has 0 N–H and O–H groups in total. The summed E-state index contributed by atoms with van der Waals surface area (Å²) in [6.45, 7) is -0.104. The van der Waals surface area contributed by atoms with Crippen LogP contribution in [-0.4, -0.2) is 19.1 Å². The maximum absolute atomic E-state index is 13.2. The molecule has 0 unspecified atom stereocenters. The first-order valence-corrected chi connectivity index (χ1v) is 10.8. The van der Waals surface area contributed by atoms with Crippen LogP contribution in [0.3, 0.4) is 0 Å². The highest BCUT2D eigenvalue weighted by Crippen LogP contribution is 2.22. The number of halogens is 1. The van der Waals surface area contributed by atoms with E-state index in [9.17, 15) is 24.6 Å². The summed E-state index contributed by atoms with van der Waals surface area (Å²) in [5.41, 5.74) is 1.42. The minimum absolute atomic E-state index is 0.0521. The van der Waals surface area contributed by atoms with Crippen LogP contribution < -0.4 is 0 Å². The van der Waals surface area contributed by atoms with Crippen molar-refractivity contribution in [3.63, 3.8) is 0 Å². The van der Waals surface area contributed by atoms with Crippen molar-refractivity contribution in [1.82, 2.24) is 0 Å². The van der Waals surface area contributed by atoms with Gasteiger partial charge in [0, 0.05) is 18.2 Å². The number of nitrogens with zero attached hydrogens (tertiary/aromatic N) is 2. The molecule has 0 bridgehead atoms. The molecule has 0 amide bonds. The van der Waals surface area contributed by atoms with E-state index in [0.29, 0.717) is 17.2 Å². The molecule has 0 fully saturated rings. The predicted octanol–water partition coefficient (Wildman–Crippen LogP) is 4.65. The zero-order valence-electron chi connectivity index (χ0n) is 16.3. The second-order valence-electron chi connectivity index (χ2n) is 6.52. The van der Waals surface area contributed by atoms with E-state index < -0.39 is 19.1 Å². The SMILES string of the molecule is O=[N+]([O-])c1ccccc1CO[Si](Cc1ccc(F)cc1)OCc1ccccc1[N+](=O)[O-]. The summed E-state index contributed by atoms with van der Waals surface area (Å²) in [4.78, 5) is 21.5. The molecule has 1 radical (unpaired) electrons. The molecule has 0 aliphatic rings. The topological polar surface area (TPSA) is 105 Å². The molecule has 0 saturated heterocycles. The summed E-state index contributed by atoms with van der Waals surface area (Å²) in [7, 11) is -2.06. The van der Waals surface area contributed by atoms with Crippen molar-refractivity contribution in [2.45, 2.75) is 19.3 Å². The number of rotatable bonds is 10. The smallest absolute Gasteiger partial charge is 0.388 e. The Labute approximate surface area is 179 Å². The zero-order chi connectivity index (χ0) is 22.2. The quantitative estimate of drug-likeness (QED) is 0.258. The number of para-hydroxylation sites is 2. The third kappa shape index (κ3) is 6.25. The van der Waals surface area contributed by atoms with E-state index in [4.69, 9.17) is 8.85 Å². The largest absolute Gasteiger partial charge is 0.389 e. The third-order valence-electron chi connectivity index (χ3n) is 4.42. The first kappa shape index (κ1) is 22.2. The molecule has 0 aromatic heterocycles. The fourth-order valence-corrected chi connectivity index (χ4v) is 4.34. The summed E-state index contributed by atoms with van der Waals surface area (Å²) in [6.07, 6.45) is 0. The standard InChI is InChI=1S/C21H18FN2O6Si/c22-19-11-9-16(10-12-19)15-31(29-13-17-5-1-3-7-20(17)23(25)26)30-14-18-6-2-4-8-21(18)24(27)28/h1-12H,13-15H2. The number of hydrogen-bond donors (Lipinski definition) is 0. The van der Waals surface area contributed by atoms with Gasteiger partial charge >= 0.3 is 9.28 Å². The molecule has 159 valence electrons. The molecule has 3 rings (SSSR count). The molecule has 0 aliphatic carbocycles. The third-order valence-corrected chi connectivity index (χ3v) is 6.05. The Balaban J connectivity index is 1.76. The molecular weight excluding hydrogens is 423 g/mol. The van der Waals surface area contributed by atoms with E-state index in [1.165, 1.54) is 24.3 Å². The van der Waals surface area contributed by atoms with E-state index in [-0.39, 0.29) is 30.4 Å². The Morgan fingerprint density at radius 3 is 1.65 bits per heavy atom. The van der Waals surface area contributed by atoms with Crippen molar-refractivity contribution in [1.29, 1.82) is 0 Å². The molecule has 0 spiro atoms. The van der Waals surface area contributed by atoms with Crippen LogP contribution in [0.25, 0.3) is 0 Å². The van der Waals surface area contributed by atoms with E-state index in [0.717, 1.165) is 5.56 Å². The van der Waals surface area contributed by atoms with Crippen LogP contribution in [0.2, 0.25) is 0 Å². The Hall–Kier alpha value is -3.47. The van der Waals surface area contributed by atoms with Crippen LogP contribution >= 0.6 is 0 Å². The Bertz CT molecular complexity index is 1000. The summed E-state index contributed by atoms with van der Waals surface area (Å²) in [5, 5.41) is 22.5. The van der Waals surface area contributed by atoms with Crippen LogP contribution in [0, 0.1) is 26.0 Å². The van der Waals surface area contributed by atoms with Gasteiger partial charge in [0.25, 0.3) is 11.4 Å². The first-order chi connectivity index (χ1) is 14.9. The van der Waals surface area contributed by atoms with Crippen molar-refractivity contribution < 1.29 is 23.1 Å². The fraction of sp³-hybridized carbons (Fsp3) is 0.143. The van der Waals surface area contributed by atoms with Gasteiger partial charge in [-0.15, -0.1) is 0 Å². The average molecular weight is 441 g/mol. The molecule has 8 nitrogen and oxygen atoms in total. The van der Waals surface area contributed by atoms with Crippen LogP contribution in [-0.2, 0) is 28.1 Å². The lowest BCUT2D eigenvalue weighted by atomic mass is 10.2. The van der Waals surface area contributed by atoms with Crippen LogP contribution in [0.1, 0.15) is 16.7 Å². The Kier molecular flexibility index (Phi) is 7.54. The molecule has 10 heteroatoms. The predicted molar refractivity (Wildman–Crippen MR) is 112 cm³/mol. The van der Waals surface area contributed by atoms with Crippen LogP contribution in [0.4, 0.5) is 15.8 Å². The van der Waals surface area contributed by atoms with Crippen molar-refractivity contribution in [3.05, 3.63) is 116 Å². The van der Waals surface area contributed by atoms with E-state index in [1.807, 2.05) is 0 Å². The zero-order valence-corrected chi connectivity index (χ0v) is 17.3. The van der Waals surface area contributed by atoms with E-state index >= 15 is 0 Å². The minimum atomic E-state index is -2.06. The second-order valence-corrected chi connectivity index (χ2v) is 8.20. The molecule has 3 aromatic carbocycles. The Morgan fingerprint density at radius 1 is 0.742 bits per heavy atom. The average Bonchev–Trinajstić information content (AvgIpc) is 2.77. The van der Waals surface area contributed by atoms with Gasteiger partial charge in [-0.05, 0) is 29.8 Å². The highest BCUT2D eigenvalue weighted by Gasteiger charge is 2.22. The fourth-order valence-electron chi connectivity index (χ4n) is 2.85. The van der Waals surface area contributed by atoms with Crippen molar-refractivity contribution >= 4 is 20.7 Å². The normalized spacial score (nSPS) is 10.9. The maximum atomic E-state index is 13.2. The monoisotopic (exact) mass is 441 g/mol.